The van der Waals surface area contributed by atoms with Gasteiger partial charge in [-0.2, -0.15) is 13.2 Å². The van der Waals surface area contributed by atoms with E-state index in [1.807, 2.05) is 72.8 Å². The van der Waals surface area contributed by atoms with Crippen molar-refractivity contribution in [3.63, 3.8) is 0 Å². The van der Waals surface area contributed by atoms with Crippen molar-refractivity contribution in [3.8, 4) is 16.8 Å². The number of para-hydroxylation sites is 3. The number of rotatable bonds is 5. The molecule has 6 aromatic carbocycles. The fourth-order valence-corrected chi connectivity index (χ4v) is 5.66. The highest BCUT2D eigenvalue weighted by atomic mass is 19.4. The van der Waals surface area contributed by atoms with Gasteiger partial charge < -0.3 is 9.47 Å². The molecule has 0 aliphatic heterocycles. The number of benzene rings is 6. The zero-order valence-electron chi connectivity index (χ0n) is 22.5. The maximum Gasteiger partial charge on any atom is 0.416 e. The van der Waals surface area contributed by atoms with E-state index in [0.717, 1.165) is 56.2 Å². The number of alkyl halides is 3. The lowest BCUT2D eigenvalue weighted by molar-refractivity contribution is -0.137. The van der Waals surface area contributed by atoms with E-state index in [1.54, 1.807) is 6.07 Å². The summed E-state index contributed by atoms with van der Waals surface area (Å²) in [6.07, 6.45) is -4.38. The van der Waals surface area contributed by atoms with Gasteiger partial charge in [-0.3, -0.25) is 0 Å². The third-order valence-electron chi connectivity index (χ3n) is 7.59. The van der Waals surface area contributed by atoms with Crippen molar-refractivity contribution in [1.82, 2.24) is 4.57 Å². The van der Waals surface area contributed by atoms with E-state index in [0.29, 0.717) is 5.56 Å². The van der Waals surface area contributed by atoms with Gasteiger partial charge in [-0.25, -0.2) is 0 Å². The van der Waals surface area contributed by atoms with Crippen LogP contribution in [0.1, 0.15) is 5.56 Å². The Morgan fingerprint density at radius 3 is 1.74 bits per heavy atom. The molecule has 7 aromatic rings. The third-order valence-corrected chi connectivity index (χ3v) is 7.59. The standard InChI is InChI=1S/C37H25F3N2/c38-37(39,40)28-11-9-10-27(24-28)26-18-20-31(21-19-26)42-35-17-8-7-16-33(35)34-25-32(22-23-36(34)42)41(29-12-3-1-4-13-29)30-14-5-2-6-15-30/h1-25H. The molecule has 0 saturated carbocycles. The predicted molar refractivity (Wildman–Crippen MR) is 166 cm³/mol. The van der Waals surface area contributed by atoms with Crippen molar-refractivity contribution >= 4 is 38.9 Å². The Morgan fingerprint density at radius 2 is 1.07 bits per heavy atom. The van der Waals surface area contributed by atoms with Crippen molar-refractivity contribution in [1.29, 1.82) is 0 Å². The summed E-state index contributed by atoms with van der Waals surface area (Å²) in [6.45, 7) is 0. The van der Waals surface area contributed by atoms with Crippen LogP contribution in [-0.4, -0.2) is 4.57 Å². The van der Waals surface area contributed by atoms with Crippen molar-refractivity contribution in [2.24, 2.45) is 0 Å². The maximum atomic E-state index is 13.3. The summed E-state index contributed by atoms with van der Waals surface area (Å²) in [4.78, 5) is 2.25. The molecule has 0 amide bonds. The normalized spacial score (nSPS) is 11.7. The average Bonchev–Trinajstić information content (AvgIpc) is 3.36. The Balaban J connectivity index is 1.35. The highest BCUT2D eigenvalue weighted by molar-refractivity contribution is 6.10. The minimum Gasteiger partial charge on any atom is -0.310 e. The molecule has 0 N–H and O–H groups in total. The quantitative estimate of drug-likeness (QED) is 0.205. The van der Waals surface area contributed by atoms with Crippen LogP contribution in [-0.2, 0) is 6.18 Å². The Kier molecular flexibility index (Phi) is 6.28. The summed E-state index contributed by atoms with van der Waals surface area (Å²) < 4.78 is 42.1. The van der Waals surface area contributed by atoms with Crippen molar-refractivity contribution in [2.45, 2.75) is 6.18 Å². The highest BCUT2D eigenvalue weighted by Crippen LogP contribution is 2.40. The van der Waals surface area contributed by atoms with Gasteiger partial charge in [-0.1, -0.05) is 78.9 Å². The average molecular weight is 555 g/mol. The number of aromatic nitrogens is 1. The molecule has 42 heavy (non-hydrogen) atoms. The molecule has 1 heterocycles. The Morgan fingerprint density at radius 1 is 0.452 bits per heavy atom. The molecule has 0 bridgehead atoms. The van der Waals surface area contributed by atoms with Crippen LogP contribution in [0.25, 0.3) is 38.6 Å². The third kappa shape index (κ3) is 4.59. The second kappa shape index (κ2) is 10.3. The zero-order valence-corrected chi connectivity index (χ0v) is 22.5. The first kappa shape index (κ1) is 25.7. The first-order valence-electron chi connectivity index (χ1n) is 13.7. The first-order chi connectivity index (χ1) is 20.5. The van der Waals surface area contributed by atoms with E-state index in [4.69, 9.17) is 0 Å². The lowest BCUT2D eigenvalue weighted by Gasteiger charge is -2.25. The van der Waals surface area contributed by atoms with Crippen LogP contribution in [0.15, 0.2) is 152 Å². The molecule has 0 fully saturated rings. The van der Waals surface area contributed by atoms with Crippen LogP contribution in [0.5, 0.6) is 0 Å². The smallest absolute Gasteiger partial charge is 0.310 e. The summed E-state index contributed by atoms with van der Waals surface area (Å²) in [5.41, 5.74) is 6.83. The van der Waals surface area contributed by atoms with Gasteiger partial charge in [0.15, 0.2) is 0 Å². The second-order valence-corrected chi connectivity index (χ2v) is 10.2. The molecule has 204 valence electrons. The second-order valence-electron chi connectivity index (χ2n) is 10.2. The van der Waals surface area contributed by atoms with Gasteiger partial charge in [0.1, 0.15) is 0 Å². The minimum absolute atomic E-state index is 0.533. The van der Waals surface area contributed by atoms with Gasteiger partial charge in [0.25, 0.3) is 0 Å². The SMILES string of the molecule is FC(F)(F)c1cccc(-c2ccc(-n3c4ccccc4c4cc(N(c5ccccc5)c5ccccc5)ccc43)cc2)c1. The molecule has 0 spiro atoms. The van der Waals surface area contributed by atoms with E-state index < -0.39 is 11.7 Å². The largest absolute Gasteiger partial charge is 0.416 e. The van der Waals surface area contributed by atoms with Crippen LogP contribution in [0.2, 0.25) is 0 Å². The molecule has 0 aliphatic rings. The summed E-state index contributed by atoms with van der Waals surface area (Å²) in [7, 11) is 0. The van der Waals surface area contributed by atoms with Gasteiger partial charge >= 0.3 is 6.18 Å². The van der Waals surface area contributed by atoms with Gasteiger partial charge in [0.05, 0.1) is 16.6 Å². The number of fused-ring (bicyclic) bond motifs is 3. The molecule has 0 radical (unpaired) electrons. The Hall–Kier alpha value is -5.29. The van der Waals surface area contributed by atoms with E-state index in [-0.39, 0.29) is 0 Å². The number of hydrogen-bond acceptors (Lipinski definition) is 1. The number of halogens is 3. The van der Waals surface area contributed by atoms with E-state index in [1.165, 1.54) is 12.1 Å². The lowest BCUT2D eigenvalue weighted by Crippen LogP contribution is -2.09. The molecule has 2 nitrogen and oxygen atoms in total. The van der Waals surface area contributed by atoms with Gasteiger partial charge in [0.2, 0.25) is 0 Å². The van der Waals surface area contributed by atoms with Gasteiger partial charge in [-0.05, 0) is 83.9 Å². The van der Waals surface area contributed by atoms with Gasteiger partial charge in [0, 0.05) is 33.5 Å². The Labute approximate surface area is 241 Å². The van der Waals surface area contributed by atoms with Crippen LogP contribution < -0.4 is 4.90 Å². The lowest BCUT2D eigenvalue weighted by atomic mass is 10.0. The monoisotopic (exact) mass is 554 g/mol. The van der Waals surface area contributed by atoms with Crippen LogP contribution in [0.4, 0.5) is 30.2 Å². The van der Waals surface area contributed by atoms with Crippen LogP contribution in [0.3, 0.4) is 0 Å². The van der Waals surface area contributed by atoms with Gasteiger partial charge in [-0.15, -0.1) is 0 Å². The summed E-state index contributed by atoms with van der Waals surface area (Å²) >= 11 is 0. The zero-order chi connectivity index (χ0) is 28.7. The number of hydrogen-bond donors (Lipinski definition) is 0. The van der Waals surface area contributed by atoms with E-state index >= 15 is 0 Å². The topological polar surface area (TPSA) is 8.17 Å². The summed E-state index contributed by atoms with van der Waals surface area (Å²) in [5, 5.41) is 2.24. The summed E-state index contributed by atoms with van der Waals surface area (Å²) in [5.74, 6) is 0. The highest BCUT2D eigenvalue weighted by Gasteiger charge is 2.30. The minimum atomic E-state index is -4.38. The molecule has 0 saturated heterocycles. The number of anilines is 3. The first-order valence-corrected chi connectivity index (χ1v) is 13.7. The molecule has 1 aromatic heterocycles. The fraction of sp³-hybridized carbons (Fsp3) is 0.0270. The molecule has 0 unspecified atom stereocenters. The fourth-order valence-electron chi connectivity index (χ4n) is 5.66. The van der Waals surface area contributed by atoms with Crippen LogP contribution >= 0.6 is 0 Å². The maximum absolute atomic E-state index is 13.3. The van der Waals surface area contributed by atoms with E-state index in [2.05, 4.69) is 64.1 Å². The predicted octanol–water partition coefficient (Wildman–Crippen LogP) is 10.9. The molecule has 0 atom stereocenters. The molecular formula is C37H25F3N2. The number of nitrogens with zero attached hydrogens (tertiary/aromatic N) is 2. The van der Waals surface area contributed by atoms with Crippen molar-refractivity contribution in [2.75, 3.05) is 4.90 Å². The summed E-state index contributed by atoms with van der Waals surface area (Å²) in [6, 6.07) is 48.6. The van der Waals surface area contributed by atoms with Crippen LogP contribution in [0, 0.1) is 0 Å². The molecular weight excluding hydrogens is 529 g/mol. The molecule has 5 heteroatoms. The Bertz CT molecular complexity index is 1970. The van der Waals surface area contributed by atoms with Crippen molar-refractivity contribution < 1.29 is 13.2 Å². The molecule has 0 aliphatic carbocycles. The molecule has 7 rings (SSSR count). The van der Waals surface area contributed by atoms with Crippen molar-refractivity contribution in [3.05, 3.63) is 157 Å². The van der Waals surface area contributed by atoms with E-state index in [9.17, 15) is 13.2 Å².